The Bertz CT molecular complexity index is 801. The second-order valence-corrected chi connectivity index (χ2v) is 10.2. The molecule has 2 N–H and O–H groups in total. The van der Waals surface area contributed by atoms with Gasteiger partial charge in [-0.1, -0.05) is 12.8 Å². The number of rotatable bonds is 2. The molecule has 7 rings (SSSR count). The van der Waals surface area contributed by atoms with Gasteiger partial charge in [0, 0.05) is 11.4 Å². The summed E-state index contributed by atoms with van der Waals surface area (Å²) in [7, 11) is 0. The fourth-order valence-electron chi connectivity index (χ4n) is 7.62. The van der Waals surface area contributed by atoms with Crippen molar-refractivity contribution in [2.24, 2.45) is 23.2 Å². The maximum absolute atomic E-state index is 13.3. The van der Waals surface area contributed by atoms with Crippen molar-refractivity contribution in [3.63, 3.8) is 0 Å². The molecule has 1 aromatic carbocycles. The van der Waals surface area contributed by atoms with Crippen LogP contribution in [0.5, 0.6) is 0 Å². The van der Waals surface area contributed by atoms with E-state index in [0.29, 0.717) is 0 Å². The third-order valence-corrected chi connectivity index (χ3v) is 8.45. The van der Waals surface area contributed by atoms with Crippen molar-refractivity contribution in [1.29, 1.82) is 0 Å². The molecule has 5 saturated carbocycles. The van der Waals surface area contributed by atoms with Crippen molar-refractivity contribution >= 4 is 23.2 Å². The van der Waals surface area contributed by atoms with Gasteiger partial charge in [-0.05, 0) is 92.9 Å². The maximum atomic E-state index is 13.3. The van der Waals surface area contributed by atoms with Crippen molar-refractivity contribution < 1.29 is 9.59 Å². The summed E-state index contributed by atoms with van der Waals surface area (Å²) < 4.78 is 0. The van der Waals surface area contributed by atoms with Gasteiger partial charge in [0.15, 0.2) is 0 Å². The first kappa shape index (κ1) is 16.1. The van der Waals surface area contributed by atoms with Gasteiger partial charge in [-0.2, -0.15) is 0 Å². The summed E-state index contributed by atoms with van der Waals surface area (Å²) in [4.78, 5) is 26.0. The SMILES string of the molecule is O=C(Nc1ccc2c(c1)C1(CCCC1)C(=O)N2)C12CC3CC(CC(C3)C1)C2. The van der Waals surface area contributed by atoms with E-state index in [1.54, 1.807) is 0 Å². The lowest BCUT2D eigenvalue weighted by molar-refractivity contribution is -0.140. The van der Waals surface area contributed by atoms with E-state index in [1.165, 1.54) is 19.3 Å². The molecule has 4 bridgehead atoms. The lowest BCUT2D eigenvalue weighted by Crippen LogP contribution is -2.51. The number of benzene rings is 1. The van der Waals surface area contributed by atoms with Gasteiger partial charge in [-0.25, -0.2) is 0 Å². The molecule has 0 aromatic heterocycles. The Morgan fingerprint density at radius 3 is 2.26 bits per heavy atom. The highest BCUT2D eigenvalue weighted by Gasteiger charge is 2.54. The monoisotopic (exact) mass is 364 g/mol. The van der Waals surface area contributed by atoms with Crippen molar-refractivity contribution in [3.05, 3.63) is 23.8 Å². The smallest absolute Gasteiger partial charge is 0.235 e. The summed E-state index contributed by atoms with van der Waals surface area (Å²) in [5, 5.41) is 6.34. The number of nitrogens with one attached hydrogen (secondary N) is 2. The van der Waals surface area contributed by atoms with Gasteiger partial charge in [-0.3, -0.25) is 9.59 Å². The fraction of sp³-hybridized carbons (Fsp3) is 0.652. The molecule has 0 radical (unpaired) electrons. The van der Waals surface area contributed by atoms with Crippen LogP contribution in [0.3, 0.4) is 0 Å². The third-order valence-electron chi connectivity index (χ3n) is 8.45. The van der Waals surface area contributed by atoms with Crippen LogP contribution in [0.2, 0.25) is 0 Å². The molecule has 4 nitrogen and oxygen atoms in total. The summed E-state index contributed by atoms with van der Waals surface area (Å²) >= 11 is 0. The molecule has 1 aliphatic heterocycles. The second kappa shape index (κ2) is 5.36. The van der Waals surface area contributed by atoms with Crippen molar-refractivity contribution in [2.75, 3.05) is 10.6 Å². The average Bonchev–Trinajstić information content (AvgIpc) is 3.22. The molecule has 0 saturated heterocycles. The molecule has 5 fully saturated rings. The molecule has 5 aliphatic carbocycles. The van der Waals surface area contributed by atoms with E-state index in [4.69, 9.17) is 0 Å². The molecule has 1 heterocycles. The lowest BCUT2D eigenvalue weighted by Gasteiger charge is -2.55. The Balaban J connectivity index is 1.29. The van der Waals surface area contributed by atoms with Crippen LogP contribution in [0.4, 0.5) is 11.4 Å². The van der Waals surface area contributed by atoms with Crippen LogP contribution >= 0.6 is 0 Å². The number of carbonyl (C=O) groups excluding carboxylic acids is 2. The Hall–Kier alpha value is -1.84. The quantitative estimate of drug-likeness (QED) is 0.805. The summed E-state index contributed by atoms with van der Waals surface area (Å²) in [5.74, 6) is 2.70. The van der Waals surface area contributed by atoms with Crippen LogP contribution in [-0.2, 0) is 15.0 Å². The molecule has 1 spiro atoms. The number of carbonyl (C=O) groups is 2. The molecule has 1 aromatic rings. The molecular formula is C23H28N2O2. The fourth-order valence-corrected chi connectivity index (χ4v) is 7.62. The molecule has 4 heteroatoms. The normalized spacial score (nSPS) is 37.5. The van der Waals surface area contributed by atoms with Gasteiger partial charge in [-0.15, -0.1) is 0 Å². The number of hydrogen-bond acceptors (Lipinski definition) is 2. The van der Waals surface area contributed by atoms with Gasteiger partial charge in [0.2, 0.25) is 11.8 Å². The van der Waals surface area contributed by atoms with Gasteiger partial charge in [0.25, 0.3) is 0 Å². The minimum absolute atomic E-state index is 0.132. The zero-order valence-electron chi connectivity index (χ0n) is 15.9. The molecule has 27 heavy (non-hydrogen) atoms. The predicted molar refractivity (Wildman–Crippen MR) is 104 cm³/mol. The number of amides is 2. The minimum Gasteiger partial charge on any atom is -0.326 e. The van der Waals surface area contributed by atoms with E-state index in [0.717, 1.165) is 79.6 Å². The first-order valence-electron chi connectivity index (χ1n) is 10.8. The Morgan fingerprint density at radius 2 is 1.63 bits per heavy atom. The van der Waals surface area contributed by atoms with Crippen molar-refractivity contribution in [3.8, 4) is 0 Å². The number of fused-ring (bicyclic) bond motifs is 2. The van der Waals surface area contributed by atoms with E-state index < -0.39 is 0 Å². The highest BCUT2D eigenvalue weighted by atomic mass is 16.2. The van der Waals surface area contributed by atoms with Crippen molar-refractivity contribution in [1.82, 2.24) is 0 Å². The Kier molecular flexibility index (Phi) is 3.21. The second-order valence-electron chi connectivity index (χ2n) is 10.2. The van der Waals surface area contributed by atoms with Crippen LogP contribution in [0, 0.1) is 23.2 Å². The largest absolute Gasteiger partial charge is 0.326 e. The maximum Gasteiger partial charge on any atom is 0.235 e. The zero-order chi connectivity index (χ0) is 18.2. The molecule has 6 aliphatic rings. The van der Waals surface area contributed by atoms with Crippen LogP contribution in [0.15, 0.2) is 18.2 Å². The first-order chi connectivity index (χ1) is 13.1. The standard InChI is InChI=1S/C23H28N2O2/c26-20(22-11-14-7-15(12-22)9-16(8-14)13-22)24-17-3-4-19-18(10-17)23(21(27)25-19)5-1-2-6-23/h3-4,10,14-16H,1-2,5-9,11-13H2,(H,24,26)(H,25,27). The molecule has 0 unspecified atom stereocenters. The molecule has 2 amide bonds. The van der Waals surface area contributed by atoms with E-state index in [1.807, 2.05) is 12.1 Å². The van der Waals surface area contributed by atoms with Gasteiger partial charge in [0.1, 0.15) is 0 Å². The lowest BCUT2D eigenvalue weighted by atomic mass is 9.49. The highest BCUT2D eigenvalue weighted by molar-refractivity contribution is 6.07. The molecule has 0 atom stereocenters. The van der Waals surface area contributed by atoms with Crippen LogP contribution in [0.25, 0.3) is 0 Å². The summed E-state index contributed by atoms with van der Waals surface area (Å²) in [6, 6.07) is 6.03. The van der Waals surface area contributed by atoms with E-state index in [-0.39, 0.29) is 22.6 Å². The third kappa shape index (κ3) is 2.22. The summed E-state index contributed by atoms with van der Waals surface area (Å²) in [6.45, 7) is 0. The topological polar surface area (TPSA) is 58.2 Å². The zero-order valence-corrected chi connectivity index (χ0v) is 15.9. The Labute approximate surface area is 160 Å². The van der Waals surface area contributed by atoms with E-state index >= 15 is 0 Å². The van der Waals surface area contributed by atoms with Crippen molar-refractivity contribution in [2.45, 2.75) is 69.6 Å². The predicted octanol–water partition coefficient (Wildman–Crippen LogP) is 4.61. The minimum atomic E-state index is -0.350. The summed E-state index contributed by atoms with van der Waals surface area (Å²) in [6.07, 6.45) is 11.4. The van der Waals surface area contributed by atoms with Crippen LogP contribution < -0.4 is 10.6 Å². The van der Waals surface area contributed by atoms with Gasteiger partial charge < -0.3 is 10.6 Å². The molecular weight excluding hydrogens is 336 g/mol. The van der Waals surface area contributed by atoms with Crippen LogP contribution in [-0.4, -0.2) is 11.8 Å². The molecule has 142 valence electrons. The van der Waals surface area contributed by atoms with E-state index in [9.17, 15) is 9.59 Å². The number of anilines is 2. The van der Waals surface area contributed by atoms with Gasteiger partial charge >= 0.3 is 0 Å². The highest BCUT2D eigenvalue weighted by Crippen LogP contribution is 2.60. The van der Waals surface area contributed by atoms with Gasteiger partial charge in [0.05, 0.1) is 10.8 Å². The van der Waals surface area contributed by atoms with Crippen LogP contribution in [0.1, 0.15) is 69.8 Å². The number of hydrogen-bond donors (Lipinski definition) is 2. The summed E-state index contributed by atoms with van der Waals surface area (Å²) in [5.41, 5.74) is 2.43. The van der Waals surface area contributed by atoms with E-state index in [2.05, 4.69) is 16.7 Å². The first-order valence-corrected chi connectivity index (χ1v) is 10.8. The average molecular weight is 364 g/mol. The Morgan fingerprint density at radius 1 is 1.00 bits per heavy atom.